The lowest BCUT2D eigenvalue weighted by molar-refractivity contribution is -0.138. The standard InChI is InChI=1S/C13H20N2O3/c1-15(2)7-8-18-12-6-4-3-5-10(12)9-11(14)13(16)17/h3-6,11H,7-9,14H2,1-2H3,(H,16,17). The summed E-state index contributed by atoms with van der Waals surface area (Å²) in [5.74, 6) is -0.297. The van der Waals surface area contributed by atoms with E-state index in [0.717, 1.165) is 12.1 Å². The van der Waals surface area contributed by atoms with Gasteiger partial charge in [0.1, 0.15) is 18.4 Å². The smallest absolute Gasteiger partial charge is 0.320 e. The first-order valence-electron chi connectivity index (χ1n) is 5.84. The van der Waals surface area contributed by atoms with Crippen LogP contribution >= 0.6 is 0 Å². The second-order valence-corrected chi connectivity index (χ2v) is 4.41. The SMILES string of the molecule is CN(C)CCOc1ccccc1CC(N)C(=O)O. The van der Waals surface area contributed by atoms with Gasteiger partial charge < -0.3 is 20.5 Å². The van der Waals surface area contributed by atoms with E-state index in [9.17, 15) is 4.79 Å². The number of rotatable bonds is 7. The fraction of sp³-hybridized carbons (Fsp3) is 0.462. The molecule has 0 radical (unpaired) electrons. The molecule has 1 unspecified atom stereocenters. The molecule has 18 heavy (non-hydrogen) atoms. The maximum Gasteiger partial charge on any atom is 0.320 e. The number of hydrogen-bond donors (Lipinski definition) is 2. The average molecular weight is 252 g/mol. The predicted octanol–water partition coefficient (Wildman–Crippen LogP) is 0.581. The Hall–Kier alpha value is -1.59. The zero-order chi connectivity index (χ0) is 13.5. The highest BCUT2D eigenvalue weighted by atomic mass is 16.5. The summed E-state index contributed by atoms with van der Waals surface area (Å²) in [6.45, 7) is 1.37. The van der Waals surface area contributed by atoms with Crippen LogP contribution in [0.4, 0.5) is 0 Å². The lowest BCUT2D eigenvalue weighted by Crippen LogP contribution is -2.32. The van der Waals surface area contributed by atoms with Gasteiger partial charge in [-0.15, -0.1) is 0 Å². The average Bonchev–Trinajstić information content (AvgIpc) is 2.30. The molecular weight excluding hydrogens is 232 g/mol. The van der Waals surface area contributed by atoms with Crippen molar-refractivity contribution in [2.45, 2.75) is 12.5 Å². The van der Waals surface area contributed by atoms with Gasteiger partial charge in [-0.1, -0.05) is 18.2 Å². The van der Waals surface area contributed by atoms with Gasteiger partial charge in [0.2, 0.25) is 0 Å². The minimum atomic E-state index is -1.00. The van der Waals surface area contributed by atoms with Crippen molar-refractivity contribution >= 4 is 5.97 Å². The topological polar surface area (TPSA) is 75.8 Å². The summed E-state index contributed by atoms with van der Waals surface area (Å²) in [6.07, 6.45) is 0.271. The fourth-order valence-corrected chi connectivity index (χ4v) is 1.48. The van der Waals surface area contributed by atoms with Crippen molar-refractivity contribution in [3.8, 4) is 5.75 Å². The minimum Gasteiger partial charge on any atom is -0.492 e. The third-order valence-corrected chi connectivity index (χ3v) is 2.53. The Morgan fingerprint density at radius 3 is 2.72 bits per heavy atom. The van der Waals surface area contributed by atoms with Gasteiger partial charge in [-0.3, -0.25) is 4.79 Å². The second kappa shape index (κ2) is 6.98. The molecule has 5 heteroatoms. The van der Waals surface area contributed by atoms with Crippen molar-refractivity contribution in [2.24, 2.45) is 5.73 Å². The Morgan fingerprint density at radius 2 is 2.11 bits per heavy atom. The van der Waals surface area contributed by atoms with E-state index in [-0.39, 0.29) is 6.42 Å². The van der Waals surface area contributed by atoms with Crippen LogP contribution in [0.1, 0.15) is 5.56 Å². The lowest BCUT2D eigenvalue weighted by atomic mass is 10.1. The Labute approximate surface area is 107 Å². The molecule has 0 heterocycles. The van der Waals surface area contributed by atoms with Gasteiger partial charge in [0.25, 0.3) is 0 Å². The maximum atomic E-state index is 10.7. The van der Waals surface area contributed by atoms with E-state index in [1.807, 2.05) is 43.3 Å². The Morgan fingerprint density at radius 1 is 1.44 bits per heavy atom. The highest BCUT2D eigenvalue weighted by Gasteiger charge is 2.14. The van der Waals surface area contributed by atoms with Crippen LogP contribution in [0, 0.1) is 0 Å². The summed E-state index contributed by atoms with van der Waals surface area (Å²) in [6, 6.07) is 6.49. The van der Waals surface area contributed by atoms with Crippen molar-refractivity contribution in [2.75, 3.05) is 27.2 Å². The normalized spacial score (nSPS) is 12.4. The summed E-state index contributed by atoms with van der Waals surface area (Å²) in [4.78, 5) is 12.8. The van der Waals surface area contributed by atoms with Gasteiger partial charge in [-0.2, -0.15) is 0 Å². The monoisotopic (exact) mass is 252 g/mol. The number of para-hydroxylation sites is 1. The molecule has 100 valence electrons. The predicted molar refractivity (Wildman–Crippen MR) is 69.8 cm³/mol. The number of carbonyl (C=O) groups is 1. The Balaban J connectivity index is 2.64. The van der Waals surface area contributed by atoms with Crippen LogP contribution in [0.2, 0.25) is 0 Å². The van der Waals surface area contributed by atoms with Gasteiger partial charge in [-0.05, 0) is 25.7 Å². The van der Waals surface area contributed by atoms with Crippen LogP contribution in [0.15, 0.2) is 24.3 Å². The molecule has 5 nitrogen and oxygen atoms in total. The number of ether oxygens (including phenoxy) is 1. The van der Waals surface area contributed by atoms with E-state index in [4.69, 9.17) is 15.6 Å². The molecule has 0 aliphatic carbocycles. The molecule has 0 spiro atoms. The molecule has 0 aromatic heterocycles. The number of carboxylic acid groups (broad SMARTS) is 1. The zero-order valence-corrected chi connectivity index (χ0v) is 10.8. The number of nitrogens with zero attached hydrogens (tertiary/aromatic N) is 1. The van der Waals surface area contributed by atoms with Crippen molar-refractivity contribution in [1.29, 1.82) is 0 Å². The molecular formula is C13H20N2O3. The zero-order valence-electron chi connectivity index (χ0n) is 10.8. The summed E-state index contributed by atoms with van der Waals surface area (Å²) in [5, 5.41) is 8.81. The third kappa shape index (κ3) is 4.73. The van der Waals surface area contributed by atoms with Crippen LogP contribution in [-0.4, -0.2) is 49.3 Å². The Bertz CT molecular complexity index is 394. The summed E-state index contributed by atoms with van der Waals surface area (Å²) < 4.78 is 5.64. The molecule has 0 fully saturated rings. The summed E-state index contributed by atoms with van der Waals surface area (Å²) in [5.41, 5.74) is 6.36. The van der Waals surface area contributed by atoms with Crippen molar-refractivity contribution in [3.05, 3.63) is 29.8 Å². The van der Waals surface area contributed by atoms with E-state index >= 15 is 0 Å². The highest BCUT2D eigenvalue weighted by molar-refractivity contribution is 5.73. The highest BCUT2D eigenvalue weighted by Crippen LogP contribution is 2.19. The van der Waals surface area contributed by atoms with Gasteiger partial charge in [-0.25, -0.2) is 0 Å². The number of likely N-dealkylation sites (N-methyl/N-ethyl adjacent to an activating group) is 1. The van der Waals surface area contributed by atoms with Crippen molar-refractivity contribution in [3.63, 3.8) is 0 Å². The molecule has 3 N–H and O–H groups in total. The molecule has 0 aliphatic rings. The molecule has 0 aliphatic heterocycles. The number of aliphatic carboxylic acids is 1. The molecule has 1 aromatic carbocycles. The van der Waals surface area contributed by atoms with E-state index in [2.05, 4.69) is 0 Å². The molecule has 0 saturated carbocycles. The van der Waals surface area contributed by atoms with E-state index in [1.54, 1.807) is 0 Å². The molecule has 1 atom stereocenters. The van der Waals surface area contributed by atoms with E-state index < -0.39 is 12.0 Å². The minimum absolute atomic E-state index is 0.271. The van der Waals surface area contributed by atoms with Crippen LogP contribution in [-0.2, 0) is 11.2 Å². The third-order valence-electron chi connectivity index (χ3n) is 2.53. The number of carboxylic acids is 1. The molecule has 1 rings (SSSR count). The largest absolute Gasteiger partial charge is 0.492 e. The first-order chi connectivity index (χ1) is 8.50. The Kier molecular flexibility index (Phi) is 5.61. The number of hydrogen-bond acceptors (Lipinski definition) is 4. The van der Waals surface area contributed by atoms with Gasteiger partial charge in [0, 0.05) is 13.0 Å². The van der Waals surface area contributed by atoms with Gasteiger partial charge >= 0.3 is 5.97 Å². The van der Waals surface area contributed by atoms with Gasteiger partial charge in [0.15, 0.2) is 0 Å². The fourth-order valence-electron chi connectivity index (χ4n) is 1.48. The molecule has 1 aromatic rings. The van der Waals surface area contributed by atoms with Crippen LogP contribution in [0.5, 0.6) is 5.75 Å². The van der Waals surface area contributed by atoms with Crippen LogP contribution < -0.4 is 10.5 Å². The lowest BCUT2D eigenvalue weighted by Gasteiger charge is -2.15. The van der Waals surface area contributed by atoms with Gasteiger partial charge in [0.05, 0.1) is 0 Å². The van der Waals surface area contributed by atoms with Crippen molar-refractivity contribution < 1.29 is 14.6 Å². The summed E-state index contributed by atoms with van der Waals surface area (Å²) >= 11 is 0. The van der Waals surface area contributed by atoms with E-state index in [0.29, 0.717) is 12.4 Å². The number of nitrogens with two attached hydrogens (primary N) is 1. The summed E-state index contributed by atoms with van der Waals surface area (Å²) in [7, 11) is 3.94. The number of benzene rings is 1. The first kappa shape index (κ1) is 14.5. The van der Waals surface area contributed by atoms with Crippen LogP contribution in [0.3, 0.4) is 0 Å². The molecule has 0 amide bonds. The maximum absolute atomic E-state index is 10.7. The quantitative estimate of drug-likeness (QED) is 0.742. The second-order valence-electron chi connectivity index (χ2n) is 4.41. The van der Waals surface area contributed by atoms with Crippen LogP contribution in [0.25, 0.3) is 0 Å². The van der Waals surface area contributed by atoms with Crippen molar-refractivity contribution in [1.82, 2.24) is 4.90 Å². The molecule has 0 saturated heterocycles. The molecule has 0 bridgehead atoms. The van der Waals surface area contributed by atoms with E-state index in [1.165, 1.54) is 0 Å². The first-order valence-corrected chi connectivity index (χ1v) is 5.84.